The molecule has 0 amide bonds. The largest absolute Gasteiger partial charge is 0.311 e. The predicted octanol–water partition coefficient (Wildman–Crippen LogP) is 2.88. The van der Waals surface area contributed by atoms with Crippen molar-refractivity contribution in [2.75, 3.05) is 0 Å². The van der Waals surface area contributed by atoms with Crippen molar-refractivity contribution in [1.82, 2.24) is 4.57 Å². The van der Waals surface area contributed by atoms with Gasteiger partial charge in [0.15, 0.2) is 0 Å². The van der Waals surface area contributed by atoms with Gasteiger partial charge < -0.3 is 4.57 Å². The van der Waals surface area contributed by atoms with Gasteiger partial charge in [0, 0.05) is 13.1 Å². The molecule has 0 aliphatic heterocycles. The molecule has 0 saturated heterocycles. The van der Waals surface area contributed by atoms with Crippen molar-refractivity contribution >= 4 is 10.9 Å². The fourth-order valence-corrected chi connectivity index (χ4v) is 1.97. The van der Waals surface area contributed by atoms with Crippen LogP contribution >= 0.6 is 0 Å². The Hall–Kier alpha value is -1.57. The zero-order chi connectivity index (χ0) is 11.5. The van der Waals surface area contributed by atoms with Gasteiger partial charge >= 0.3 is 0 Å². The molecule has 0 N–H and O–H groups in total. The molecule has 84 valence electrons. The van der Waals surface area contributed by atoms with E-state index in [4.69, 9.17) is 0 Å². The van der Waals surface area contributed by atoms with Crippen LogP contribution in [0.25, 0.3) is 10.9 Å². The first-order valence-corrected chi connectivity index (χ1v) is 5.81. The van der Waals surface area contributed by atoms with Crippen molar-refractivity contribution in [3.8, 4) is 0 Å². The number of benzene rings is 1. The van der Waals surface area contributed by atoms with Crippen molar-refractivity contribution in [3.05, 3.63) is 46.2 Å². The van der Waals surface area contributed by atoms with Gasteiger partial charge in [-0.25, -0.2) is 0 Å². The van der Waals surface area contributed by atoms with E-state index in [1.54, 1.807) is 10.6 Å². The predicted molar refractivity (Wildman–Crippen MR) is 67.8 cm³/mol. The summed E-state index contributed by atoms with van der Waals surface area (Å²) in [5, 5.41) is 1.15. The van der Waals surface area contributed by atoms with E-state index in [0.717, 1.165) is 17.3 Å². The van der Waals surface area contributed by atoms with Gasteiger partial charge in [0.05, 0.1) is 5.52 Å². The molecule has 1 aromatic heterocycles. The van der Waals surface area contributed by atoms with Crippen LogP contribution in [0.15, 0.2) is 35.1 Å². The van der Waals surface area contributed by atoms with Crippen LogP contribution in [0.1, 0.15) is 25.3 Å². The van der Waals surface area contributed by atoms with E-state index in [2.05, 4.69) is 19.1 Å². The minimum absolute atomic E-state index is 0.0498. The molecule has 0 atom stereocenters. The Bertz CT molecular complexity index is 554. The van der Waals surface area contributed by atoms with E-state index in [-0.39, 0.29) is 5.56 Å². The van der Waals surface area contributed by atoms with Gasteiger partial charge in [0.1, 0.15) is 0 Å². The molecular formula is C14H17NO. The highest BCUT2D eigenvalue weighted by Crippen LogP contribution is 2.15. The van der Waals surface area contributed by atoms with Gasteiger partial charge in [-0.05, 0) is 42.0 Å². The van der Waals surface area contributed by atoms with Gasteiger partial charge in [-0.2, -0.15) is 0 Å². The first-order valence-electron chi connectivity index (χ1n) is 5.81. The molecule has 0 spiro atoms. The molecule has 1 heterocycles. The van der Waals surface area contributed by atoms with Gasteiger partial charge in [0.2, 0.25) is 0 Å². The van der Waals surface area contributed by atoms with Crippen LogP contribution in [0.2, 0.25) is 0 Å². The molecule has 0 saturated carbocycles. The molecule has 0 unspecified atom stereocenters. The highest BCUT2D eigenvalue weighted by molar-refractivity contribution is 5.79. The first-order chi connectivity index (χ1) is 7.72. The minimum Gasteiger partial charge on any atom is -0.311 e. The normalized spacial score (nSPS) is 10.9. The number of aromatic nitrogens is 1. The van der Waals surface area contributed by atoms with Gasteiger partial charge in [-0.1, -0.05) is 19.4 Å². The average molecular weight is 215 g/mol. The Morgan fingerprint density at radius 3 is 2.75 bits per heavy atom. The summed E-state index contributed by atoms with van der Waals surface area (Å²) >= 11 is 0. The van der Waals surface area contributed by atoms with Gasteiger partial charge in [-0.3, -0.25) is 4.79 Å². The van der Waals surface area contributed by atoms with Crippen molar-refractivity contribution in [1.29, 1.82) is 0 Å². The van der Waals surface area contributed by atoms with E-state index >= 15 is 0 Å². The molecule has 0 radical (unpaired) electrons. The SMILES string of the molecule is CCCCc1ccc2c(ccc(=O)n2C)c1. The van der Waals surface area contributed by atoms with Crippen molar-refractivity contribution in [2.45, 2.75) is 26.2 Å². The molecule has 2 aromatic rings. The lowest BCUT2D eigenvalue weighted by Gasteiger charge is -2.06. The second kappa shape index (κ2) is 4.52. The third-order valence-electron chi connectivity index (χ3n) is 3.01. The van der Waals surface area contributed by atoms with Crippen molar-refractivity contribution < 1.29 is 0 Å². The Balaban J connectivity index is 2.48. The maximum Gasteiger partial charge on any atom is 0.250 e. The monoisotopic (exact) mass is 215 g/mol. The van der Waals surface area contributed by atoms with Crippen LogP contribution in [-0.2, 0) is 13.5 Å². The number of aryl methyl sites for hydroxylation is 2. The van der Waals surface area contributed by atoms with Crippen LogP contribution in [-0.4, -0.2) is 4.57 Å². The summed E-state index contributed by atoms with van der Waals surface area (Å²) in [4.78, 5) is 11.5. The average Bonchev–Trinajstić information content (AvgIpc) is 2.31. The second-order valence-corrected chi connectivity index (χ2v) is 4.23. The van der Waals surface area contributed by atoms with E-state index in [0.29, 0.717) is 0 Å². The lowest BCUT2D eigenvalue weighted by Crippen LogP contribution is -2.14. The molecule has 16 heavy (non-hydrogen) atoms. The van der Waals surface area contributed by atoms with E-state index in [1.807, 2.05) is 19.2 Å². The van der Waals surface area contributed by atoms with Gasteiger partial charge in [-0.15, -0.1) is 0 Å². The third-order valence-corrected chi connectivity index (χ3v) is 3.01. The Kier molecular flexibility index (Phi) is 3.09. The van der Waals surface area contributed by atoms with Crippen molar-refractivity contribution in [2.24, 2.45) is 7.05 Å². The zero-order valence-corrected chi connectivity index (χ0v) is 9.86. The van der Waals surface area contributed by atoms with Gasteiger partial charge in [0.25, 0.3) is 5.56 Å². The number of pyridine rings is 1. The highest BCUT2D eigenvalue weighted by Gasteiger charge is 2.00. The number of fused-ring (bicyclic) bond motifs is 1. The molecule has 1 aromatic carbocycles. The summed E-state index contributed by atoms with van der Waals surface area (Å²) in [6.07, 6.45) is 3.55. The lowest BCUT2D eigenvalue weighted by atomic mass is 10.1. The minimum atomic E-state index is 0.0498. The zero-order valence-electron chi connectivity index (χ0n) is 9.86. The number of hydrogen-bond donors (Lipinski definition) is 0. The Labute approximate surface area is 95.5 Å². The molecular weight excluding hydrogens is 198 g/mol. The molecule has 0 fully saturated rings. The van der Waals surface area contributed by atoms with Crippen LogP contribution in [0.4, 0.5) is 0 Å². The molecule has 2 rings (SSSR count). The quantitative estimate of drug-likeness (QED) is 0.771. The fourth-order valence-electron chi connectivity index (χ4n) is 1.97. The van der Waals surface area contributed by atoms with Crippen LogP contribution in [0, 0.1) is 0 Å². The summed E-state index contributed by atoms with van der Waals surface area (Å²) in [7, 11) is 1.82. The van der Waals surface area contributed by atoms with E-state index in [9.17, 15) is 4.79 Å². The summed E-state index contributed by atoms with van der Waals surface area (Å²) < 4.78 is 1.69. The molecule has 0 aliphatic rings. The molecule has 0 bridgehead atoms. The number of nitrogens with zero attached hydrogens (tertiary/aromatic N) is 1. The van der Waals surface area contributed by atoms with Crippen molar-refractivity contribution in [3.63, 3.8) is 0 Å². The van der Waals surface area contributed by atoms with Crippen LogP contribution < -0.4 is 5.56 Å². The molecule has 2 nitrogen and oxygen atoms in total. The summed E-state index contributed by atoms with van der Waals surface area (Å²) in [6, 6.07) is 9.89. The smallest absolute Gasteiger partial charge is 0.250 e. The molecule has 0 aliphatic carbocycles. The lowest BCUT2D eigenvalue weighted by molar-refractivity contribution is 0.795. The Morgan fingerprint density at radius 2 is 2.00 bits per heavy atom. The van der Waals surface area contributed by atoms with Crippen LogP contribution in [0.3, 0.4) is 0 Å². The summed E-state index contributed by atoms with van der Waals surface area (Å²) in [5.74, 6) is 0. The summed E-state index contributed by atoms with van der Waals surface area (Å²) in [6.45, 7) is 2.20. The maximum absolute atomic E-state index is 11.5. The third kappa shape index (κ3) is 2.01. The van der Waals surface area contributed by atoms with E-state index in [1.165, 1.54) is 18.4 Å². The second-order valence-electron chi connectivity index (χ2n) is 4.23. The number of unbranched alkanes of at least 4 members (excludes halogenated alkanes) is 1. The molecule has 2 heteroatoms. The maximum atomic E-state index is 11.5. The Morgan fingerprint density at radius 1 is 1.19 bits per heavy atom. The van der Waals surface area contributed by atoms with E-state index < -0.39 is 0 Å². The summed E-state index contributed by atoms with van der Waals surface area (Å²) in [5.41, 5.74) is 2.41. The number of rotatable bonds is 3. The fraction of sp³-hybridized carbons (Fsp3) is 0.357. The first kappa shape index (κ1) is 10.9. The highest BCUT2D eigenvalue weighted by atomic mass is 16.1. The number of hydrogen-bond acceptors (Lipinski definition) is 1. The van der Waals surface area contributed by atoms with Crippen LogP contribution in [0.5, 0.6) is 0 Å². The topological polar surface area (TPSA) is 22.0 Å². The standard InChI is InChI=1S/C14H17NO/c1-3-4-5-11-6-8-13-12(10-11)7-9-14(16)15(13)2/h6-10H,3-5H2,1-2H3.